The molecule has 0 N–H and O–H groups in total. The minimum Gasteiger partial charge on any atom is -0.462 e. The molecule has 0 spiro atoms. The predicted molar refractivity (Wildman–Crippen MR) is 71.8 cm³/mol. The Morgan fingerprint density at radius 2 is 1.76 bits per heavy atom. The van der Waals surface area contributed by atoms with E-state index < -0.39 is 0 Å². The normalized spacial score (nSPS) is 11.3. The molecule has 0 aromatic rings. The van der Waals surface area contributed by atoms with Crippen molar-refractivity contribution in [1.82, 2.24) is 0 Å². The molecule has 3 nitrogen and oxygen atoms in total. The van der Waals surface area contributed by atoms with Crippen LogP contribution in [-0.4, -0.2) is 44.2 Å². The average molecular weight is 242 g/mol. The largest absolute Gasteiger partial charge is 0.462 e. The molecule has 17 heavy (non-hydrogen) atoms. The van der Waals surface area contributed by atoms with E-state index in [2.05, 4.69) is 27.6 Å². The SMILES string of the molecule is C=C(C)C(=O)OCCCC[N+](C)(C)CCCC. The van der Waals surface area contributed by atoms with Crippen LogP contribution in [0.1, 0.15) is 39.5 Å². The number of rotatable bonds is 9. The molecular formula is C14H28NO2+. The zero-order valence-corrected chi connectivity index (χ0v) is 11.9. The topological polar surface area (TPSA) is 26.3 Å². The molecule has 3 heteroatoms. The van der Waals surface area contributed by atoms with Crippen molar-refractivity contribution >= 4 is 5.97 Å². The zero-order chi connectivity index (χ0) is 13.3. The molecule has 0 aliphatic rings. The molecule has 0 radical (unpaired) electrons. The van der Waals surface area contributed by atoms with Crippen LogP contribution in [0.5, 0.6) is 0 Å². The maximum Gasteiger partial charge on any atom is 0.333 e. The molecule has 0 amide bonds. The molecule has 0 aliphatic carbocycles. The summed E-state index contributed by atoms with van der Waals surface area (Å²) in [4.78, 5) is 11.1. The molecule has 100 valence electrons. The van der Waals surface area contributed by atoms with Gasteiger partial charge in [0, 0.05) is 5.57 Å². The first-order chi connectivity index (χ1) is 7.89. The Hall–Kier alpha value is -0.830. The minimum absolute atomic E-state index is 0.273. The lowest BCUT2D eigenvalue weighted by Crippen LogP contribution is -2.41. The first-order valence-electron chi connectivity index (χ1n) is 6.53. The highest BCUT2D eigenvalue weighted by Crippen LogP contribution is 2.05. The number of ether oxygens (including phenoxy) is 1. The van der Waals surface area contributed by atoms with Crippen LogP contribution in [-0.2, 0) is 9.53 Å². The van der Waals surface area contributed by atoms with Crippen molar-refractivity contribution in [2.24, 2.45) is 0 Å². The molecule has 0 heterocycles. The van der Waals surface area contributed by atoms with Crippen LogP contribution in [0.25, 0.3) is 0 Å². The molecule has 0 rings (SSSR count). The summed E-state index contributed by atoms with van der Waals surface area (Å²) in [7, 11) is 4.52. The third kappa shape index (κ3) is 8.93. The Labute approximate surface area is 106 Å². The summed E-state index contributed by atoms with van der Waals surface area (Å²) in [6.07, 6.45) is 4.56. The second-order valence-corrected chi connectivity index (χ2v) is 5.36. The third-order valence-corrected chi connectivity index (χ3v) is 2.86. The first kappa shape index (κ1) is 16.2. The average Bonchev–Trinajstić information content (AvgIpc) is 2.25. The van der Waals surface area contributed by atoms with Crippen LogP contribution in [0.15, 0.2) is 12.2 Å². The molecule has 0 aliphatic heterocycles. The van der Waals surface area contributed by atoms with Gasteiger partial charge in [0.15, 0.2) is 0 Å². The monoisotopic (exact) mass is 242 g/mol. The number of hydrogen-bond acceptors (Lipinski definition) is 2. The van der Waals surface area contributed by atoms with Gasteiger partial charge in [-0.15, -0.1) is 0 Å². The number of carbonyl (C=O) groups is 1. The Morgan fingerprint density at radius 3 is 2.29 bits per heavy atom. The standard InChI is InChI=1S/C14H28NO2/c1-6-7-10-15(4,5)11-8-9-12-17-14(16)13(2)3/h2,6-12H2,1,3-5H3/q+1. The lowest BCUT2D eigenvalue weighted by atomic mass is 10.2. The quantitative estimate of drug-likeness (QED) is 0.269. The van der Waals surface area contributed by atoms with Crippen LogP contribution in [0.3, 0.4) is 0 Å². The second kappa shape index (κ2) is 8.29. The van der Waals surface area contributed by atoms with E-state index in [9.17, 15) is 4.79 Å². The van der Waals surface area contributed by atoms with Gasteiger partial charge in [-0.1, -0.05) is 19.9 Å². The number of carbonyl (C=O) groups excluding carboxylic acids is 1. The van der Waals surface area contributed by atoms with Gasteiger partial charge in [-0.05, 0) is 26.2 Å². The van der Waals surface area contributed by atoms with Crippen molar-refractivity contribution in [1.29, 1.82) is 0 Å². The summed E-state index contributed by atoms with van der Waals surface area (Å²) in [5.74, 6) is -0.273. The molecular weight excluding hydrogens is 214 g/mol. The lowest BCUT2D eigenvalue weighted by Gasteiger charge is -2.29. The van der Waals surface area contributed by atoms with Crippen molar-refractivity contribution in [3.05, 3.63) is 12.2 Å². The smallest absolute Gasteiger partial charge is 0.333 e. The maximum absolute atomic E-state index is 11.1. The lowest BCUT2D eigenvalue weighted by molar-refractivity contribution is -0.890. The number of unbranched alkanes of at least 4 members (excludes halogenated alkanes) is 2. The van der Waals surface area contributed by atoms with E-state index in [1.807, 2.05) is 0 Å². The highest BCUT2D eigenvalue weighted by molar-refractivity contribution is 5.86. The molecule has 0 unspecified atom stereocenters. The van der Waals surface area contributed by atoms with E-state index in [-0.39, 0.29) is 5.97 Å². The molecule has 0 fully saturated rings. The molecule has 0 saturated carbocycles. The van der Waals surface area contributed by atoms with Crippen molar-refractivity contribution in [3.8, 4) is 0 Å². The first-order valence-corrected chi connectivity index (χ1v) is 6.53. The van der Waals surface area contributed by atoms with Gasteiger partial charge in [-0.2, -0.15) is 0 Å². The zero-order valence-electron chi connectivity index (χ0n) is 11.9. The highest BCUT2D eigenvalue weighted by atomic mass is 16.5. The number of nitrogens with zero attached hydrogens (tertiary/aromatic N) is 1. The maximum atomic E-state index is 11.1. The summed E-state index contributed by atoms with van der Waals surface area (Å²) < 4.78 is 6.11. The van der Waals surface area contributed by atoms with Crippen LogP contribution < -0.4 is 0 Å². The van der Waals surface area contributed by atoms with Gasteiger partial charge in [0.05, 0.1) is 33.8 Å². The van der Waals surface area contributed by atoms with Crippen LogP contribution in [0, 0.1) is 0 Å². The van der Waals surface area contributed by atoms with Gasteiger partial charge in [-0.25, -0.2) is 4.79 Å². The number of quaternary nitrogens is 1. The van der Waals surface area contributed by atoms with Gasteiger partial charge in [0.25, 0.3) is 0 Å². The second-order valence-electron chi connectivity index (χ2n) is 5.36. The fourth-order valence-corrected chi connectivity index (χ4v) is 1.63. The molecule has 0 atom stereocenters. The fourth-order valence-electron chi connectivity index (χ4n) is 1.63. The Bertz CT molecular complexity index is 247. The highest BCUT2D eigenvalue weighted by Gasteiger charge is 2.13. The van der Waals surface area contributed by atoms with Crippen molar-refractivity contribution in [2.45, 2.75) is 39.5 Å². The minimum atomic E-state index is -0.273. The van der Waals surface area contributed by atoms with Gasteiger partial charge < -0.3 is 9.22 Å². The van der Waals surface area contributed by atoms with E-state index in [1.165, 1.54) is 19.4 Å². The van der Waals surface area contributed by atoms with Gasteiger partial charge in [0.2, 0.25) is 0 Å². The summed E-state index contributed by atoms with van der Waals surface area (Å²) in [5, 5.41) is 0. The Kier molecular flexibility index (Phi) is 7.88. The summed E-state index contributed by atoms with van der Waals surface area (Å²) in [5.41, 5.74) is 0.476. The van der Waals surface area contributed by atoms with Gasteiger partial charge >= 0.3 is 5.97 Å². The van der Waals surface area contributed by atoms with E-state index in [1.54, 1.807) is 6.92 Å². The summed E-state index contributed by atoms with van der Waals surface area (Å²) >= 11 is 0. The Balaban J connectivity index is 3.57. The van der Waals surface area contributed by atoms with Crippen molar-refractivity contribution < 1.29 is 14.0 Å². The number of esters is 1. The van der Waals surface area contributed by atoms with Gasteiger partial charge in [0.1, 0.15) is 0 Å². The molecule has 0 aromatic heterocycles. The number of hydrogen-bond donors (Lipinski definition) is 0. The predicted octanol–water partition coefficient (Wildman–Crippen LogP) is 2.76. The van der Waals surface area contributed by atoms with E-state index in [4.69, 9.17) is 4.74 Å². The fraction of sp³-hybridized carbons (Fsp3) is 0.786. The summed E-state index contributed by atoms with van der Waals surface area (Å²) in [6.45, 7) is 10.3. The van der Waals surface area contributed by atoms with Crippen LogP contribution in [0.4, 0.5) is 0 Å². The van der Waals surface area contributed by atoms with Crippen LogP contribution in [0.2, 0.25) is 0 Å². The van der Waals surface area contributed by atoms with E-state index >= 15 is 0 Å². The van der Waals surface area contributed by atoms with Crippen molar-refractivity contribution in [2.75, 3.05) is 33.8 Å². The van der Waals surface area contributed by atoms with E-state index in [0.29, 0.717) is 12.2 Å². The summed E-state index contributed by atoms with van der Waals surface area (Å²) in [6, 6.07) is 0. The molecule has 0 aromatic carbocycles. The Morgan fingerprint density at radius 1 is 1.18 bits per heavy atom. The van der Waals surface area contributed by atoms with Crippen LogP contribution >= 0.6 is 0 Å². The molecule has 0 bridgehead atoms. The van der Waals surface area contributed by atoms with Crippen molar-refractivity contribution in [3.63, 3.8) is 0 Å². The molecule has 0 saturated heterocycles. The third-order valence-electron chi connectivity index (χ3n) is 2.86. The van der Waals surface area contributed by atoms with E-state index in [0.717, 1.165) is 23.9 Å². The van der Waals surface area contributed by atoms with Gasteiger partial charge in [-0.3, -0.25) is 0 Å².